The molecule has 0 bridgehead atoms. The van der Waals surface area contributed by atoms with Crippen LogP contribution in [0.15, 0.2) is 29.4 Å². The largest absolute Gasteiger partial charge is 0.493 e. The normalized spacial score (nSPS) is 17.1. The predicted octanol–water partition coefficient (Wildman–Crippen LogP) is 6.82. The molecule has 0 saturated heterocycles. The molecule has 3 rings (SSSR count). The molecule has 4 heteroatoms. The molecule has 0 heterocycles. The van der Waals surface area contributed by atoms with Crippen LogP contribution in [0, 0.1) is 17.6 Å². The zero-order valence-electron chi connectivity index (χ0n) is 17.8. The first kappa shape index (κ1) is 20.5. The SMILES string of the molecule is CCOc1ccc(CN=O)c(F)c1-c1cc2c(cc1C)C(C)(C)CCC2(C)C. The van der Waals surface area contributed by atoms with Gasteiger partial charge in [0.25, 0.3) is 0 Å². The molecule has 0 unspecified atom stereocenters. The fourth-order valence-corrected chi connectivity index (χ4v) is 4.31. The van der Waals surface area contributed by atoms with Crippen molar-refractivity contribution in [2.45, 2.75) is 71.8 Å². The number of benzene rings is 2. The second-order valence-corrected chi connectivity index (χ2v) is 9.11. The van der Waals surface area contributed by atoms with Gasteiger partial charge in [0.2, 0.25) is 0 Å². The van der Waals surface area contributed by atoms with Crippen molar-refractivity contribution in [3.05, 3.63) is 57.2 Å². The fraction of sp³-hybridized carbons (Fsp3) is 0.500. The Hall–Kier alpha value is -2.23. The minimum Gasteiger partial charge on any atom is -0.493 e. The average molecular weight is 384 g/mol. The number of hydrogen-bond donors (Lipinski definition) is 0. The van der Waals surface area contributed by atoms with Crippen molar-refractivity contribution < 1.29 is 9.13 Å². The van der Waals surface area contributed by atoms with Gasteiger partial charge in [-0.1, -0.05) is 45.0 Å². The lowest BCUT2D eigenvalue weighted by Gasteiger charge is -2.42. The first-order valence-corrected chi connectivity index (χ1v) is 10.0. The molecular formula is C24H30FNO2. The van der Waals surface area contributed by atoms with Crippen LogP contribution in [0.1, 0.15) is 69.7 Å². The number of nitroso groups, excluding NO2 is 1. The molecule has 150 valence electrons. The Kier molecular flexibility index (Phi) is 5.35. The monoisotopic (exact) mass is 383 g/mol. The number of halogens is 1. The smallest absolute Gasteiger partial charge is 0.139 e. The third-order valence-corrected chi connectivity index (χ3v) is 6.19. The molecule has 0 aliphatic heterocycles. The van der Waals surface area contributed by atoms with Crippen molar-refractivity contribution in [1.29, 1.82) is 0 Å². The summed E-state index contributed by atoms with van der Waals surface area (Å²) in [4.78, 5) is 10.8. The van der Waals surface area contributed by atoms with Crippen molar-refractivity contribution in [1.82, 2.24) is 0 Å². The van der Waals surface area contributed by atoms with E-state index in [1.165, 1.54) is 11.1 Å². The van der Waals surface area contributed by atoms with Crippen LogP contribution in [0.25, 0.3) is 11.1 Å². The van der Waals surface area contributed by atoms with Gasteiger partial charge in [-0.15, -0.1) is 0 Å². The minimum absolute atomic E-state index is 0.0253. The lowest BCUT2D eigenvalue weighted by atomic mass is 9.62. The first-order chi connectivity index (χ1) is 13.1. The molecule has 0 N–H and O–H groups in total. The molecule has 2 aromatic carbocycles. The number of rotatable bonds is 5. The molecule has 1 aliphatic rings. The maximum absolute atomic E-state index is 15.4. The summed E-state index contributed by atoms with van der Waals surface area (Å²) in [5, 5.41) is 2.88. The fourth-order valence-electron chi connectivity index (χ4n) is 4.31. The van der Waals surface area contributed by atoms with Crippen LogP contribution in [0.5, 0.6) is 5.75 Å². The van der Waals surface area contributed by atoms with Crippen LogP contribution in [0.2, 0.25) is 0 Å². The molecule has 0 spiro atoms. The summed E-state index contributed by atoms with van der Waals surface area (Å²) in [6.45, 7) is 13.2. The molecule has 3 nitrogen and oxygen atoms in total. The Morgan fingerprint density at radius 3 is 2.25 bits per heavy atom. The van der Waals surface area contributed by atoms with Gasteiger partial charge in [-0.05, 0) is 71.9 Å². The van der Waals surface area contributed by atoms with Crippen molar-refractivity contribution in [3.8, 4) is 16.9 Å². The molecule has 1 aliphatic carbocycles. The van der Waals surface area contributed by atoms with E-state index < -0.39 is 5.82 Å². The number of nitrogens with zero attached hydrogens (tertiary/aromatic N) is 1. The van der Waals surface area contributed by atoms with E-state index in [2.05, 4.69) is 45.0 Å². The van der Waals surface area contributed by atoms with E-state index in [1.54, 1.807) is 12.1 Å². The Balaban J connectivity index is 2.31. The molecule has 2 aromatic rings. The predicted molar refractivity (Wildman–Crippen MR) is 113 cm³/mol. The Labute approximate surface area is 167 Å². The Bertz CT molecular complexity index is 915. The summed E-state index contributed by atoms with van der Waals surface area (Å²) >= 11 is 0. The van der Waals surface area contributed by atoms with Gasteiger partial charge in [0.15, 0.2) is 0 Å². The van der Waals surface area contributed by atoms with E-state index >= 15 is 4.39 Å². The van der Waals surface area contributed by atoms with Gasteiger partial charge < -0.3 is 4.74 Å². The maximum atomic E-state index is 15.4. The van der Waals surface area contributed by atoms with E-state index in [0.29, 0.717) is 23.5 Å². The standard InChI is InChI=1S/C24H30FNO2/c1-7-28-20-9-8-16(14-26-27)22(25)21(20)17-13-19-18(12-15(17)2)23(3,4)10-11-24(19,5)6/h8-9,12-13H,7,10-11,14H2,1-6H3. The summed E-state index contributed by atoms with van der Waals surface area (Å²) in [5.41, 5.74) is 5.31. The maximum Gasteiger partial charge on any atom is 0.139 e. The highest BCUT2D eigenvalue weighted by atomic mass is 19.1. The zero-order chi connectivity index (χ0) is 20.7. The molecular weight excluding hydrogens is 353 g/mol. The number of fused-ring (bicyclic) bond motifs is 1. The highest BCUT2D eigenvalue weighted by Gasteiger charge is 2.37. The van der Waals surface area contributed by atoms with Gasteiger partial charge in [0.05, 0.1) is 12.2 Å². The van der Waals surface area contributed by atoms with E-state index in [0.717, 1.165) is 24.0 Å². The van der Waals surface area contributed by atoms with Gasteiger partial charge in [0.1, 0.15) is 18.1 Å². The summed E-state index contributed by atoms with van der Waals surface area (Å²) in [6.07, 6.45) is 2.22. The van der Waals surface area contributed by atoms with Crippen molar-refractivity contribution in [3.63, 3.8) is 0 Å². The second-order valence-electron chi connectivity index (χ2n) is 9.11. The first-order valence-electron chi connectivity index (χ1n) is 10.0. The molecule has 0 saturated carbocycles. The van der Waals surface area contributed by atoms with E-state index in [9.17, 15) is 4.91 Å². The van der Waals surface area contributed by atoms with Crippen LogP contribution in [0.3, 0.4) is 0 Å². The quantitative estimate of drug-likeness (QED) is 0.532. The number of ether oxygens (including phenoxy) is 1. The average Bonchev–Trinajstić information content (AvgIpc) is 2.62. The van der Waals surface area contributed by atoms with Gasteiger partial charge in [-0.2, -0.15) is 4.91 Å². The third-order valence-electron chi connectivity index (χ3n) is 6.19. The van der Waals surface area contributed by atoms with Crippen LogP contribution in [-0.4, -0.2) is 6.61 Å². The number of hydrogen-bond acceptors (Lipinski definition) is 3. The van der Waals surface area contributed by atoms with Crippen molar-refractivity contribution in [2.75, 3.05) is 6.61 Å². The van der Waals surface area contributed by atoms with Crippen LogP contribution in [-0.2, 0) is 17.4 Å². The lowest BCUT2D eigenvalue weighted by Crippen LogP contribution is -2.34. The lowest BCUT2D eigenvalue weighted by molar-refractivity contribution is 0.331. The molecule has 0 amide bonds. The topological polar surface area (TPSA) is 38.7 Å². The molecule has 28 heavy (non-hydrogen) atoms. The molecule has 0 atom stereocenters. The Morgan fingerprint density at radius 1 is 1.07 bits per heavy atom. The van der Waals surface area contributed by atoms with E-state index in [1.807, 2.05) is 13.8 Å². The van der Waals surface area contributed by atoms with Gasteiger partial charge >= 0.3 is 0 Å². The summed E-state index contributed by atoms with van der Waals surface area (Å²) < 4.78 is 21.2. The van der Waals surface area contributed by atoms with Crippen LogP contribution in [0.4, 0.5) is 4.39 Å². The highest BCUT2D eigenvalue weighted by Crippen LogP contribution is 2.48. The molecule has 0 fully saturated rings. The minimum atomic E-state index is -0.415. The van der Waals surface area contributed by atoms with Crippen molar-refractivity contribution in [2.24, 2.45) is 5.18 Å². The molecule has 0 radical (unpaired) electrons. The van der Waals surface area contributed by atoms with E-state index in [4.69, 9.17) is 4.74 Å². The van der Waals surface area contributed by atoms with Gasteiger partial charge in [-0.3, -0.25) is 0 Å². The molecule has 0 aromatic heterocycles. The third kappa shape index (κ3) is 3.45. The van der Waals surface area contributed by atoms with E-state index in [-0.39, 0.29) is 17.4 Å². The van der Waals surface area contributed by atoms with Crippen molar-refractivity contribution >= 4 is 0 Å². The van der Waals surface area contributed by atoms with Gasteiger partial charge in [0, 0.05) is 5.56 Å². The van der Waals surface area contributed by atoms with Crippen LogP contribution >= 0.6 is 0 Å². The zero-order valence-corrected chi connectivity index (χ0v) is 17.8. The highest BCUT2D eigenvalue weighted by molar-refractivity contribution is 5.76. The summed E-state index contributed by atoms with van der Waals surface area (Å²) in [6, 6.07) is 7.69. The van der Waals surface area contributed by atoms with Gasteiger partial charge in [-0.25, -0.2) is 4.39 Å². The van der Waals surface area contributed by atoms with Crippen LogP contribution < -0.4 is 4.74 Å². The number of aryl methyl sites for hydroxylation is 1. The summed E-state index contributed by atoms with van der Waals surface area (Å²) in [7, 11) is 0. The second kappa shape index (κ2) is 7.31. The summed E-state index contributed by atoms with van der Waals surface area (Å²) in [5.74, 6) is 0.0899. The Morgan fingerprint density at radius 2 is 1.68 bits per heavy atom.